The van der Waals surface area contributed by atoms with E-state index in [9.17, 15) is 4.79 Å². The molecule has 6 heteroatoms. The Morgan fingerprint density at radius 3 is 1.97 bits per heavy atom. The van der Waals surface area contributed by atoms with E-state index in [4.69, 9.17) is 12.7 Å². The fourth-order valence-electron chi connectivity index (χ4n) is 4.54. The lowest BCUT2D eigenvalue weighted by molar-refractivity contribution is 0.149. The van der Waals surface area contributed by atoms with Crippen LogP contribution in [-0.4, -0.2) is 57.1 Å². The van der Waals surface area contributed by atoms with E-state index in [1.165, 1.54) is 0 Å². The summed E-state index contributed by atoms with van der Waals surface area (Å²) in [6, 6.07) is 23.0. The second-order valence-electron chi connectivity index (χ2n) is 10.6. The predicted molar refractivity (Wildman–Crippen MR) is 152 cm³/mol. The van der Waals surface area contributed by atoms with Crippen molar-refractivity contribution in [2.75, 3.05) is 56.8 Å². The number of anilines is 4. The van der Waals surface area contributed by atoms with Gasteiger partial charge in [0.05, 0.1) is 17.1 Å². The van der Waals surface area contributed by atoms with Gasteiger partial charge in [0.1, 0.15) is 0 Å². The Labute approximate surface area is 216 Å². The van der Waals surface area contributed by atoms with Crippen LogP contribution in [0.15, 0.2) is 72.8 Å². The maximum Gasteiger partial charge on any atom is 0.329 e. The van der Waals surface area contributed by atoms with Crippen molar-refractivity contribution < 1.29 is 4.79 Å². The molecule has 36 heavy (non-hydrogen) atoms. The molecule has 0 fully saturated rings. The Balaban J connectivity index is 2.07. The molecule has 0 aliphatic carbocycles. The first-order chi connectivity index (χ1) is 17.0. The van der Waals surface area contributed by atoms with Gasteiger partial charge >= 0.3 is 6.03 Å². The highest BCUT2D eigenvalue weighted by atomic mass is 16.2. The van der Waals surface area contributed by atoms with Gasteiger partial charge in [-0.1, -0.05) is 50.2 Å². The maximum atomic E-state index is 14.4. The van der Waals surface area contributed by atoms with Gasteiger partial charge in [0, 0.05) is 39.4 Å². The standard InChI is InChI=1S/C30H39N5O/c1-23-12-14-24(15-13-23)20-34(22-30(2,3)21-32(4)5)29(36)35(28-11-9-8-10-27(28)31)26-18-16-25(17-19-26)33(6)7/h1,8-19H,20-22,31H2,2-7H3. The molecule has 0 spiro atoms. The van der Waals surface area contributed by atoms with Crippen molar-refractivity contribution >= 4 is 28.8 Å². The fraction of sp³-hybridized carbons (Fsp3) is 0.333. The Kier molecular flexibility index (Phi) is 8.64. The Hall–Kier alpha value is -3.51. The summed E-state index contributed by atoms with van der Waals surface area (Å²) >= 11 is 0. The third-order valence-electron chi connectivity index (χ3n) is 5.98. The SMILES string of the molecule is [CH]c1ccc(CN(CC(C)(C)CN(C)C)C(=O)N(c2ccc(N(C)C)cc2)c2ccccc2N)cc1. The zero-order valence-corrected chi connectivity index (χ0v) is 22.4. The molecule has 0 atom stereocenters. The predicted octanol–water partition coefficient (Wildman–Crippen LogP) is 5.74. The quantitative estimate of drug-likeness (QED) is 0.393. The molecule has 2 radical (unpaired) electrons. The monoisotopic (exact) mass is 485 g/mol. The largest absolute Gasteiger partial charge is 0.397 e. The van der Waals surface area contributed by atoms with Crippen LogP contribution in [0.1, 0.15) is 25.0 Å². The minimum atomic E-state index is -0.143. The Morgan fingerprint density at radius 1 is 0.833 bits per heavy atom. The highest BCUT2D eigenvalue weighted by Crippen LogP contribution is 2.34. The van der Waals surface area contributed by atoms with Gasteiger partial charge in [0.15, 0.2) is 0 Å². The van der Waals surface area contributed by atoms with Gasteiger partial charge in [-0.05, 0) is 74.0 Å². The number of carbonyl (C=O) groups is 1. The van der Waals surface area contributed by atoms with E-state index in [0.29, 0.717) is 30.0 Å². The smallest absolute Gasteiger partial charge is 0.329 e. The molecule has 0 saturated carbocycles. The Morgan fingerprint density at radius 2 is 1.42 bits per heavy atom. The minimum Gasteiger partial charge on any atom is -0.397 e. The number of para-hydroxylation sites is 2. The van der Waals surface area contributed by atoms with Gasteiger partial charge in [-0.25, -0.2) is 4.79 Å². The number of nitrogens with two attached hydrogens (primary N) is 1. The normalized spacial score (nSPS) is 11.4. The minimum absolute atomic E-state index is 0.130. The first kappa shape index (κ1) is 27.1. The molecule has 2 N–H and O–H groups in total. The van der Waals surface area contributed by atoms with E-state index in [1.54, 1.807) is 4.90 Å². The van der Waals surface area contributed by atoms with Gasteiger partial charge in [0.25, 0.3) is 0 Å². The lowest BCUT2D eigenvalue weighted by Crippen LogP contribution is -2.47. The molecule has 0 bridgehead atoms. The van der Waals surface area contributed by atoms with Gasteiger partial charge in [-0.3, -0.25) is 4.90 Å². The molecule has 0 unspecified atom stereocenters. The maximum absolute atomic E-state index is 14.4. The van der Waals surface area contributed by atoms with Gasteiger partial charge < -0.3 is 20.4 Å². The molecular weight excluding hydrogens is 446 g/mol. The van der Waals surface area contributed by atoms with Crippen LogP contribution in [0.2, 0.25) is 0 Å². The molecule has 0 heterocycles. The lowest BCUT2D eigenvalue weighted by Gasteiger charge is -2.38. The van der Waals surface area contributed by atoms with Crippen molar-refractivity contribution in [2.45, 2.75) is 20.4 Å². The topological polar surface area (TPSA) is 56.0 Å². The van der Waals surface area contributed by atoms with Crippen LogP contribution in [0.4, 0.5) is 27.5 Å². The van der Waals surface area contributed by atoms with E-state index < -0.39 is 0 Å². The van der Waals surface area contributed by atoms with Crippen molar-refractivity contribution in [1.82, 2.24) is 9.80 Å². The number of benzene rings is 3. The molecule has 3 aromatic rings. The zero-order chi connectivity index (χ0) is 26.5. The number of carbonyl (C=O) groups excluding carboxylic acids is 1. The molecule has 3 aromatic carbocycles. The van der Waals surface area contributed by atoms with Crippen molar-refractivity contribution in [3.05, 3.63) is 90.8 Å². The van der Waals surface area contributed by atoms with Crippen LogP contribution >= 0.6 is 0 Å². The fourth-order valence-corrected chi connectivity index (χ4v) is 4.54. The van der Waals surface area contributed by atoms with E-state index in [0.717, 1.165) is 23.5 Å². The Bertz CT molecular complexity index is 1140. The van der Waals surface area contributed by atoms with Crippen LogP contribution < -0.4 is 15.5 Å². The van der Waals surface area contributed by atoms with Gasteiger partial charge in [-0.2, -0.15) is 0 Å². The van der Waals surface area contributed by atoms with E-state index in [-0.39, 0.29) is 11.4 Å². The van der Waals surface area contributed by atoms with Crippen molar-refractivity contribution in [2.24, 2.45) is 5.41 Å². The highest BCUT2D eigenvalue weighted by Gasteiger charge is 2.31. The van der Waals surface area contributed by atoms with Crippen molar-refractivity contribution in [1.29, 1.82) is 0 Å². The van der Waals surface area contributed by atoms with Gasteiger partial charge in [0.2, 0.25) is 0 Å². The molecular formula is C30H39N5O. The summed E-state index contributed by atoms with van der Waals surface area (Å²) in [7, 11) is 8.09. The van der Waals surface area contributed by atoms with Crippen molar-refractivity contribution in [3.63, 3.8) is 0 Å². The highest BCUT2D eigenvalue weighted by molar-refractivity contribution is 6.02. The van der Waals surface area contributed by atoms with Crippen LogP contribution in [-0.2, 0) is 6.54 Å². The van der Waals surface area contributed by atoms with Crippen LogP contribution in [0.25, 0.3) is 0 Å². The molecule has 0 aromatic heterocycles. The second-order valence-corrected chi connectivity index (χ2v) is 10.6. The molecule has 0 aliphatic rings. The number of hydrogen-bond donors (Lipinski definition) is 1. The third kappa shape index (κ3) is 7.01. The van der Waals surface area contributed by atoms with Gasteiger partial charge in [-0.15, -0.1) is 0 Å². The molecule has 190 valence electrons. The third-order valence-corrected chi connectivity index (χ3v) is 5.98. The van der Waals surface area contributed by atoms with E-state index in [1.807, 2.05) is 96.7 Å². The summed E-state index contributed by atoms with van der Waals surface area (Å²) in [5, 5.41) is 0. The van der Waals surface area contributed by atoms with Crippen LogP contribution in [0, 0.1) is 12.3 Å². The van der Waals surface area contributed by atoms with E-state index in [2.05, 4.69) is 32.8 Å². The number of amides is 2. The number of nitrogens with zero attached hydrogens (tertiary/aromatic N) is 4. The average molecular weight is 486 g/mol. The summed E-state index contributed by atoms with van der Waals surface area (Å²) in [5.74, 6) is 0. The average Bonchev–Trinajstić information content (AvgIpc) is 2.80. The summed E-state index contributed by atoms with van der Waals surface area (Å²) < 4.78 is 0. The summed E-state index contributed by atoms with van der Waals surface area (Å²) in [5.41, 5.74) is 11.0. The summed E-state index contributed by atoms with van der Waals surface area (Å²) in [4.78, 5) is 22.2. The first-order valence-electron chi connectivity index (χ1n) is 12.2. The number of hydrogen-bond acceptors (Lipinski definition) is 4. The molecule has 0 aliphatic heterocycles. The summed E-state index contributed by atoms with van der Waals surface area (Å²) in [6.45, 7) is 12.1. The van der Waals surface area contributed by atoms with Crippen LogP contribution in [0.3, 0.4) is 0 Å². The molecule has 2 amide bonds. The molecule has 6 nitrogen and oxygen atoms in total. The molecule has 0 saturated heterocycles. The first-order valence-corrected chi connectivity index (χ1v) is 12.2. The van der Waals surface area contributed by atoms with Crippen LogP contribution in [0.5, 0.6) is 0 Å². The number of rotatable bonds is 9. The zero-order valence-electron chi connectivity index (χ0n) is 22.4. The summed E-state index contributed by atoms with van der Waals surface area (Å²) in [6.07, 6.45) is 0. The molecule has 3 rings (SSSR count). The van der Waals surface area contributed by atoms with E-state index >= 15 is 0 Å². The number of urea groups is 1. The van der Waals surface area contributed by atoms with Crippen molar-refractivity contribution in [3.8, 4) is 0 Å². The number of nitrogen functional groups attached to an aromatic ring is 1. The lowest BCUT2D eigenvalue weighted by atomic mass is 9.92. The second kappa shape index (κ2) is 11.5.